The summed E-state index contributed by atoms with van der Waals surface area (Å²) in [6, 6.07) is 23.4. The Labute approximate surface area is 245 Å². The summed E-state index contributed by atoms with van der Waals surface area (Å²) in [5.74, 6) is -2.44. The number of nitrogens with zero attached hydrogens (tertiary/aromatic N) is 1. The van der Waals surface area contributed by atoms with E-state index in [9.17, 15) is 28.8 Å². The van der Waals surface area contributed by atoms with Crippen molar-refractivity contribution in [1.82, 2.24) is 0 Å². The number of fused-ring (bicyclic) bond motifs is 1. The molecule has 1 aliphatic rings. The van der Waals surface area contributed by atoms with Crippen LogP contribution in [0, 0.1) is 0 Å². The number of carbonyl (C=O) groups is 6. The van der Waals surface area contributed by atoms with Crippen molar-refractivity contribution < 1.29 is 28.8 Å². The van der Waals surface area contributed by atoms with Gasteiger partial charge in [0.15, 0.2) is 0 Å². The van der Waals surface area contributed by atoms with Gasteiger partial charge >= 0.3 is 0 Å². The Bertz CT molecular complexity index is 1780. The third kappa shape index (κ3) is 6.30. The molecule has 0 atom stereocenters. The molecule has 0 aliphatic carbocycles. The van der Waals surface area contributed by atoms with E-state index >= 15 is 0 Å². The molecule has 6 amide bonds. The molecule has 0 saturated heterocycles. The lowest BCUT2D eigenvalue weighted by molar-refractivity contribution is -0.115. The van der Waals surface area contributed by atoms with E-state index in [4.69, 9.17) is 0 Å². The Morgan fingerprint density at radius 3 is 1.35 bits per heavy atom. The number of benzene rings is 4. The van der Waals surface area contributed by atoms with Crippen LogP contribution in [0.2, 0.25) is 0 Å². The molecule has 0 aromatic heterocycles. The van der Waals surface area contributed by atoms with Gasteiger partial charge in [-0.25, -0.2) is 4.90 Å². The van der Waals surface area contributed by atoms with Gasteiger partial charge in [0.1, 0.15) is 0 Å². The molecule has 1 aliphatic heterocycles. The zero-order valence-electron chi connectivity index (χ0n) is 23.1. The van der Waals surface area contributed by atoms with Crippen molar-refractivity contribution in [3.8, 4) is 0 Å². The molecule has 214 valence electrons. The first kappa shape index (κ1) is 28.4. The van der Waals surface area contributed by atoms with Crippen molar-refractivity contribution in [2.45, 2.75) is 13.8 Å². The largest absolute Gasteiger partial charge is 0.326 e. The molecule has 1 heterocycles. The number of rotatable bonds is 7. The Morgan fingerprint density at radius 2 is 0.884 bits per heavy atom. The van der Waals surface area contributed by atoms with Crippen LogP contribution in [0.5, 0.6) is 0 Å². The highest BCUT2D eigenvalue weighted by Crippen LogP contribution is 2.30. The molecule has 0 fully saturated rings. The predicted octanol–water partition coefficient (Wildman–Crippen LogP) is 4.91. The van der Waals surface area contributed by atoms with Crippen LogP contribution in [0.4, 0.5) is 28.4 Å². The van der Waals surface area contributed by atoms with E-state index in [0.29, 0.717) is 28.3 Å². The highest BCUT2D eigenvalue weighted by Gasteiger charge is 2.37. The fourth-order valence-corrected chi connectivity index (χ4v) is 4.47. The Morgan fingerprint density at radius 1 is 0.488 bits per heavy atom. The van der Waals surface area contributed by atoms with E-state index < -0.39 is 23.6 Å². The van der Waals surface area contributed by atoms with Crippen molar-refractivity contribution in [2.24, 2.45) is 0 Å². The van der Waals surface area contributed by atoms with Gasteiger partial charge in [-0.15, -0.1) is 0 Å². The molecule has 43 heavy (non-hydrogen) atoms. The predicted molar refractivity (Wildman–Crippen MR) is 161 cm³/mol. The van der Waals surface area contributed by atoms with E-state index in [0.717, 1.165) is 4.90 Å². The number of hydrogen-bond acceptors (Lipinski definition) is 6. The second kappa shape index (κ2) is 11.8. The minimum atomic E-state index is -0.592. The molecule has 0 radical (unpaired) electrons. The summed E-state index contributed by atoms with van der Waals surface area (Å²) in [4.78, 5) is 75.3. The average Bonchev–Trinajstić information content (AvgIpc) is 3.23. The Kier molecular flexibility index (Phi) is 7.79. The lowest BCUT2D eigenvalue weighted by atomic mass is 10.1. The van der Waals surface area contributed by atoms with Crippen LogP contribution in [0.1, 0.15) is 55.3 Å². The molecule has 11 heteroatoms. The van der Waals surface area contributed by atoms with Crippen molar-refractivity contribution >= 4 is 63.9 Å². The third-order valence-electron chi connectivity index (χ3n) is 6.46. The van der Waals surface area contributed by atoms with Crippen LogP contribution in [0.25, 0.3) is 0 Å². The van der Waals surface area contributed by atoms with Crippen LogP contribution < -0.4 is 26.2 Å². The molecule has 4 aromatic rings. The number of anilines is 5. The minimum Gasteiger partial charge on any atom is -0.326 e. The highest BCUT2D eigenvalue weighted by atomic mass is 16.2. The second-order valence-electron chi connectivity index (χ2n) is 9.68. The van der Waals surface area contributed by atoms with E-state index in [2.05, 4.69) is 21.3 Å². The first-order valence-corrected chi connectivity index (χ1v) is 13.1. The Hall–Kier alpha value is -6.10. The van der Waals surface area contributed by atoms with Gasteiger partial charge in [-0.05, 0) is 91.0 Å². The zero-order valence-corrected chi connectivity index (χ0v) is 23.1. The average molecular weight is 576 g/mol. The molecule has 0 saturated carbocycles. The van der Waals surface area contributed by atoms with Gasteiger partial charge < -0.3 is 21.3 Å². The van der Waals surface area contributed by atoms with E-state index in [-0.39, 0.29) is 34.2 Å². The molecule has 11 nitrogen and oxygen atoms in total. The summed E-state index contributed by atoms with van der Waals surface area (Å²) in [5, 5.41) is 10.8. The summed E-state index contributed by atoms with van der Waals surface area (Å²) in [5.41, 5.74) is 3.18. The molecular weight excluding hydrogens is 550 g/mol. The summed E-state index contributed by atoms with van der Waals surface area (Å²) >= 11 is 0. The third-order valence-corrected chi connectivity index (χ3v) is 6.46. The maximum Gasteiger partial charge on any atom is 0.266 e. The number of imide groups is 1. The maximum absolute atomic E-state index is 13.3. The molecule has 4 N–H and O–H groups in total. The SMILES string of the molecule is CC(=O)Nc1ccc(NC(=O)c2ccc(N3C(=O)c4ccc(C(=O)Nc5ccc(NC(C)=O)cc5)cc4C3=O)cc2)cc1. The number of nitrogens with one attached hydrogen (secondary N) is 4. The van der Waals surface area contributed by atoms with Crippen LogP contribution in [0.3, 0.4) is 0 Å². The van der Waals surface area contributed by atoms with Crippen molar-refractivity contribution in [3.05, 3.63) is 113 Å². The fraction of sp³-hybridized carbons (Fsp3) is 0.0625. The summed E-state index contributed by atoms with van der Waals surface area (Å²) in [7, 11) is 0. The number of carbonyl (C=O) groups excluding carboxylic acids is 6. The van der Waals surface area contributed by atoms with E-state index in [1.165, 1.54) is 56.3 Å². The lowest BCUT2D eigenvalue weighted by Crippen LogP contribution is -2.29. The minimum absolute atomic E-state index is 0.0863. The quantitative estimate of drug-likeness (QED) is 0.230. The topological polar surface area (TPSA) is 154 Å². The van der Waals surface area contributed by atoms with Gasteiger partial charge in [-0.2, -0.15) is 0 Å². The zero-order chi connectivity index (χ0) is 30.7. The number of amides is 6. The van der Waals surface area contributed by atoms with Crippen molar-refractivity contribution in [1.29, 1.82) is 0 Å². The molecule has 4 aromatic carbocycles. The maximum atomic E-state index is 13.3. The normalized spacial score (nSPS) is 11.9. The monoisotopic (exact) mass is 575 g/mol. The highest BCUT2D eigenvalue weighted by molar-refractivity contribution is 6.35. The summed E-state index contributed by atoms with van der Waals surface area (Å²) < 4.78 is 0. The summed E-state index contributed by atoms with van der Waals surface area (Å²) in [6.45, 7) is 2.79. The molecule has 0 unspecified atom stereocenters. The van der Waals surface area contributed by atoms with Crippen LogP contribution >= 0.6 is 0 Å². The van der Waals surface area contributed by atoms with Gasteiger partial charge in [0.25, 0.3) is 23.6 Å². The van der Waals surface area contributed by atoms with Crippen molar-refractivity contribution in [3.63, 3.8) is 0 Å². The second-order valence-corrected chi connectivity index (χ2v) is 9.68. The number of hydrogen-bond donors (Lipinski definition) is 4. The molecule has 0 bridgehead atoms. The fourth-order valence-electron chi connectivity index (χ4n) is 4.47. The first-order valence-electron chi connectivity index (χ1n) is 13.1. The van der Waals surface area contributed by atoms with Crippen LogP contribution in [0.15, 0.2) is 91.0 Å². The van der Waals surface area contributed by atoms with Crippen LogP contribution in [-0.4, -0.2) is 35.4 Å². The van der Waals surface area contributed by atoms with Gasteiger partial charge in [0.2, 0.25) is 11.8 Å². The lowest BCUT2D eigenvalue weighted by Gasteiger charge is -2.14. The van der Waals surface area contributed by atoms with Gasteiger partial charge in [-0.3, -0.25) is 28.8 Å². The van der Waals surface area contributed by atoms with E-state index in [1.807, 2.05) is 0 Å². The van der Waals surface area contributed by atoms with E-state index in [1.54, 1.807) is 48.5 Å². The molecule has 5 rings (SSSR count). The van der Waals surface area contributed by atoms with Gasteiger partial charge in [0, 0.05) is 47.7 Å². The molecule has 0 spiro atoms. The summed E-state index contributed by atoms with van der Waals surface area (Å²) in [6.07, 6.45) is 0. The Balaban J connectivity index is 1.26. The molecular formula is C32H25N5O6. The first-order chi connectivity index (χ1) is 20.6. The van der Waals surface area contributed by atoms with Crippen molar-refractivity contribution in [2.75, 3.05) is 26.2 Å². The van der Waals surface area contributed by atoms with Gasteiger partial charge in [0.05, 0.1) is 16.8 Å². The standard InChI is InChI=1S/C32H25N5O6/c1-18(38)33-22-6-10-24(11-7-22)35-29(40)20-3-14-26(15-4-20)37-31(42)27-16-5-21(17-28(27)32(37)43)30(41)36-25-12-8-23(9-13-25)34-19(2)39/h3-17H,1-2H3,(H,33,38)(H,34,39)(H,35,40)(H,36,41). The van der Waals surface area contributed by atoms with Gasteiger partial charge in [-0.1, -0.05) is 0 Å². The van der Waals surface area contributed by atoms with Crippen LogP contribution in [-0.2, 0) is 9.59 Å². The smallest absolute Gasteiger partial charge is 0.266 e.